The maximum absolute atomic E-state index is 10.9. The largest absolute Gasteiger partial charge is 0.392 e. The van der Waals surface area contributed by atoms with E-state index in [-0.39, 0.29) is 22.9 Å². The van der Waals surface area contributed by atoms with Crippen LogP contribution in [0.2, 0.25) is 0 Å². The topological polar surface area (TPSA) is 126 Å². The fraction of sp³-hybridized carbons (Fsp3) is 0.231. The smallest absolute Gasteiger partial charge is 0.270 e. The van der Waals surface area contributed by atoms with Gasteiger partial charge in [-0.15, -0.1) is 0 Å². The van der Waals surface area contributed by atoms with Gasteiger partial charge in [0.25, 0.3) is 11.4 Å². The first kappa shape index (κ1) is 26.3. The van der Waals surface area contributed by atoms with Gasteiger partial charge in [0.1, 0.15) is 0 Å². The van der Waals surface area contributed by atoms with Crippen LogP contribution in [0.25, 0.3) is 34.0 Å². The minimum Gasteiger partial charge on any atom is -0.392 e. The first-order valence-corrected chi connectivity index (χ1v) is 11.3. The van der Waals surface area contributed by atoms with Crippen molar-refractivity contribution in [3.63, 3.8) is 0 Å². The van der Waals surface area contributed by atoms with Crippen molar-refractivity contribution in [3.05, 3.63) is 92.3 Å². The lowest BCUT2D eigenvalue weighted by Gasteiger charge is -2.03. The lowest BCUT2D eigenvalue weighted by atomic mass is 10.1. The third kappa shape index (κ3) is 6.04. The van der Waals surface area contributed by atoms with Crippen LogP contribution in [0.15, 0.2) is 60.9 Å². The molecule has 10 nitrogen and oxygen atoms in total. The van der Waals surface area contributed by atoms with E-state index in [2.05, 4.69) is 0 Å². The quantitative estimate of drug-likeness (QED) is 0.204. The molecule has 0 aliphatic carbocycles. The number of aliphatic hydroxyl groups excluding tert-OH is 1. The van der Waals surface area contributed by atoms with Crippen LogP contribution in [-0.4, -0.2) is 43.9 Å². The Morgan fingerprint density at radius 3 is 1.75 bits per heavy atom. The molecule has 0 spiro atoms. The summed E-state index contributed by atoms with van der Waals surface area (Å²) in [5.74, 6) is 0. The van der Waals surface area contributed by atoms with Gasteiger partial charge in [-0.2, -0.15) is 0 Å². The molecule has 2 aromatic heterocycles. The Bertz CT molecular complexity index is 1450. The zero-order valence-corrected chi connectivity index (χ0v) is 20.3. The summed E-state index contributed by atoms with van der Waals surface area (Å²) in [6, 6.07) is 9.95. The summed E-state index contributed by atoms with van der Waals surface area (Å²) in [4.78, 5) is 20.9. The molecule has 2 aromatic carbocycles. The first-order valence-electron chi connectivity index (χ1n) is 11.3. The molecular formula is C26H28N4O6. The zero-order chi connectivity index (χ0) is 26.2. The van der Waals surface area contributed by atoms with Crippen molar-refractivity contribution >= 4 is 45.3 Å². The standard InChI is InChI=1S/C14H16N2O3.C12H12N2O3/c1-3-19-8-4-5-11-9-13(16(17)18)10-12-6-7-15(2)14(11)12;1-13-5-4-10-8-11(14(16)17)7-9(12(10)13)3-2-6-15/h4-7,9-10H,3,8H2,1-2H3;2-5,7-8,15H,6H2,1H3/b5-4+;3-2+. The molecular weight excluding hydrogens is 464 g/mol. The molecule has 1 N–H and O–H groups in total. The van der Waals surface area contributed by atoms with Crippen LogP contribution in [0.3, 0.4) is 0 Å². The molecule has 0 unspecified atom stereocenters. The molecule has 0 amide bonds. The molecule has 2 heterocycles. The zero-order valence-electron chi connectivity index (χ0n) is 20.3. The van der Waals surface area contributed by atoms with Crippen LogP contribution >= 0.6 is 0 Å². The number of fused-ring (bicyclic) bond motifs is 2. The highest BCUT2D eigenvalue weighted by Gasteiger charge is 2.13. The SMILES string of the molecule is CCOC/C=C/c1cc([N+](=O)[O-])cc2ccn(C)c12.Cn1ccc2cc([N+](=O)[O-])cc(/C=C/CO)c21. The van der Waals surface area contributed by atoms with E-state index in [1.54, 1.807) is 30.4 Å². The van der Waals surface area contributed by atoms with Crippen LogP contribution in [0.4, 0.5) is 11.4 Å². The van der Waals surface area contributed by atoms with Gasteiger partial charge in [0.15, 0.2) is 0 Å². The van der Waals surface area contributed by atoms with Crippen LogP contribution in [0.1, 0.15) is 18.1 Å². The number of rotatable bonds is 8. The summed E-state index contributed by atoms with van der Waals surface area (Å²) in [6.45, 7) is 3.00. The molecule has 36 heavy (non-hydrogen) atoms. The van der Waals surface area contributed by atoms with Crippen molar-refractivity contribution < 1.29 is 19.7 Å². The number of nitrogens with zero attached hydrogens (tertiary/aromatic N) is 4. The van der Waals surface area contributed by atoms with Crippen molar-refractivity contribution in [1.29, 1.82) is 0 Å². The van der Waals surface area contributed by atoms with E-state index in [0.29, 0.717) is 13.2 Å². The van der Waals surface area contributed by atoms with E-state index in [4.69, 9.17) is 9.84 Å². The maximum atomic E-state index is 10.9. The fourth-order valence-electron chi connectivity index (χ4n) is 3.93. The number of nitro groups is 2. The van der Waals surface area contributed by atoms with Gasteiger partial charge in [0.05, 0.1) is 34.1 Å². The third-order valence-corrected chi connectivity index (χ3v) is 5.51. The summed E-state index contributed by atoms with van der Waals surface area (Å²) in [6.07, 6.45) is 10.7. The number of ether oxygens (including phenoxy) is 1. The highest BCUT2D eigenvalue weighted by molar-refractivity contribution is 5.91. The predicted octanol–water partition coefficient (Wildman–Crippen LogP) is 5.23. The van der Waals surface area contributed by atoms with Gasteiger partial charge in [0, 0.05) is 79.3 Å². The third-order valence-electron chi connectivity index (χ3n) is 5.51. The van der Waals surface area contributed by atoms with E-state index in [9.17, 15) is 20.2 Å². The summed E-state index contributed by atoms with van der Waals surface area (Å²) >= 11 is 0. The summed E-state index contributed by atoms with van der Waals surface area (Å²) < 4.78 is 9.09. The minimum absolute atomic E-state index is 0.0567. The van der Waals surface area contributed by atoms with Gasteiger partial charge in [0.2, 0.25) is 0 Å². The monoisotopic (exact) mass is 492 g/mol. The summed E-state index contributed by atoms with van der Waals surface area (Å²) in [7, 11) is 3.80. The molecule has 0 saturated heterocycles. The maximum Gasteiger partial charge on any atom is 0.270 e. The average Bonchev–Trinajstić information content (AvgIpc) is 3.43. The number of non-ortho nitro benzene ring substituents is 2. The Morgan fingerprint density at radius 2 is 1.33 bits per heavy atom. The number of nitro benzene ring substituents is 2. The second kappa shape index (κ2) is 11.9. The van der Waals surface area contributed by atoms with Crippen molar-refractivity contribution in [1.82, 2.24) is 9.13 Å². The van der Waals surface area contributed by atoms with Gasteiger partial charge in [-0.1, -0.05) is 24.3 Å². The molecule has 4 aromatic rings. The second-order valence-corrected chi connectivity index (χ2v) is 7.96. The molecule has 0 aliphatic rings. The lowest BCUT2D eigenvalue weighted by molar-refractivity contribution is -0.384. The molecule has 0 bridgehead atoms. The predicted molar refractivity (Wildman–Crippen MR) is 141 cm³/mol. The molecule has 188 valence electrons. The van der Waals surface area contributed by atoms with E-state index in [0.717, 1.165) is 32.9 Å². The van der Waals surface area contributed by atoms with E-state index < -0.39 is 4.92 Å². The molecule has 10 heteroatoms. The van der Waals surface area contributed by atoms with Crippen molar-refractivity contribution in [3.8, 4) is 0 Å². The van der Waals surface area contributed by atoms with Gasteiger partial charge in [-0.25, -0.2) is 0 Å². The first-order chi connectivity index (χ1) is 17.3. The second-order valence-electron chi connectivity index (χ2n) is 7.96. The van der Waals surface area contributed by atoms with Crippen molar-refractivity contribution in [2.24, 2.45) is 14.1 Å². The van der Waals surface area contributed by atoms with Crippen LogP contribution in [0, 0.1) is 20.2 Å². The van der Waals surface area contributed by atoms with Gasteiger partial charge in [-0.05, 0) is 19.1 Å². The molecule has 0 saturated carbocycles. The Balaban J connectivity index is 0.000000202. The summed E-state index contributed by atoms with van der Waals surface area (Å²) in [5, 5.41) is 32.2. The molecule has 0 radical (unpaired) electrons. The molecule has 0 fully saturated rings. The van der Waals surface area contributed by atoms with E-state index in [1.807, 2.05) is 66.8 Å². The van der Waals surface area contributed by atoms with E-state index >= 15 is 0 Å². The van der Waals surface area contributed by atoms with E-state index in [1.165, 1.54) is 6.07 Å². The number of hydrogen-bond donors (Lipinski definition) is 1. The average molecular weight is 493 g/mol. The van der Waals surface area contributed by atoms with Gasteiger partial charge in [-0.3, -0.25) is 20.2 Å². The molecule has 0 atom stereocenters. The van der Waals surface area contributed by atoms with Gasteiger partial charge < -0.3 is 19.0 Å². The minimum atomic E-state index is -0.414. The Labute approximate surface area is 207 Å². The molecule has 0 aliphatic heterocycles. The Morgan fingerprint density at radius 1 is 0.861 bits per heavy atom. The Kier molecular flexibility index (Phi) is 8.71. The Hall–Kier alpha value is -4.28. The normalized spacial score (nSPS) is 11.4. The highest BCUT2D eigenvalue weighted by Crippen LogP contribution is 2.28. The van der Waals surface area contributed by atoms with Crippen LogP contribution < -0.4 is 0 Å². The summed E-state index contributed by atoms with van der Waals surface area (Å²) in [5.41, 5.74) is 3.63. The molecule has 4 rings (SSSR count). The number of aliphatic hydroxyl groups is 1. The highest BCUT2D eigenvalue weighted by atomic mass is 16.6. The number of hydrogen-bond acceptors (Lipinski definition) is 6. The fourth-order valence-corrected chi connectivity index (χ4v) is 3.93. The van der Waals surface area contributed by atoms with Crippen LogP contribution in [0.5, 0.6) is 0 Å². The van der Waals surface area contributed by atoms with Crippen molar-refractivity contribution in [2.75, 3.05) is 19.8 Å². The van der Waals surface area contributed by atoms with Gasteiger partial charge >= 0.3 is 0 Å². The number of aromatic nitrogens is 2. The lowest BCUT2D eigenvalue weighted by Crippen LogP contribution is -1.93. The number of aryl methyl sites for hydroxylation is 2. The van der Waals surface area contributed by atoms with Crippen LogP contribution in [-0.2, 0) is 18.8 Å². The number of benzene rings is 2. The van der Waals surface area contributed by atoms with Crippen molar-refractivity contribution in [2.45, 2.75) is 6.92 Å².